The lowest BCUT2D eigenvalue weighted by Crippen LogP contribution is -2.25. The Morgan fingerprint density at radius 2 is 1.86 bits per heavy atom. The number of hydrogen-bond donors (Lipinski definition) is 2. The number of nitrogens with two attached hydrogens (primary N) is 1. The fourth-order valence-corrected chi connectivity index (χ4v) is 3.00. The van der Waals surface area contributed by atoms with Crippen LogP contribution in [-0.2, 0) is 0 Å². The Kier molecular flexibility index (Phi) is 6.02. The van der Waals surface area contributed by atoms with Gasteiger partial charge in [-0.1, -0.05) is 25.7 Å². The number of aromatic nitrogens is 3. The standard InChI is InChI=1S/C15H28N6/c1-3-21(4-2)15-19-13(16)18-14(20-15)17-11-7-10-12-8-5-6-9-12/h12H,3-11H2,1-2H3,(H3,16,17,18,19,20). The number of nitrogen functional groups attached to an aromatic ring is 1. The van der Waals surface area contributed by atoms with Crippen LogP contribution in [0.5, 0.6) is 0 Å². The van der Waals surface area contributed by atoms with Crippen LogP contribution in [0.15, 0.2) is 0 Å². The molecule has 6 heteroatoms. The molecule has 0 bridgehead atoms. The Balaban J connectivity index is 1.84. The first-order valence-corrected chi connectivity index (χ1v) is 8.23. The molecule has 0 saturated heterocycles. The first-order valence-electron chi connectivity index (χ1n) is 8.23. The van der Waals surface area contributed by atoms with Gasteiger partial charge >= 0.3 is 0 Å². The van der Waals surface area contributed by atoms with Crippen LogP contribution in [-0.4, -0.2) is 34.6 Å². The van der Waals surface area contributed by atoms with Crippen molar-refractivity contribution in [2.45, 2.75) is 52.4 Å². The summed E-state index contributed by atoms with van der Waals surface area (Å²) in [6.07, 6.45) is 8.10. The molecule has 0 spiro atoms. The normalized spacial score (nSPS) is 15.3. The van der Waals surface area contributed by atoms with Crippen LogP contribution in [0.3, 0.4) is 0 Å². The predicted octanol–water partition coefficient (Wildman–Crippen LogP) is 2.68. The molecular formula is C15H28N6. The Morgan fingerprint density at radius 1 is 1.14 bits per heavy atom. The van der Waals surface area contributed by atoms with Crippen molar-refractivity contribution in [1.82, 2.24) is 15.0 Å². The third-order valence-corrected chi connectivity index (χ3v) is 4.23. The average molecular weight is 292 g/mol. The Hall–Kier alpha value is -1.59. The molecule has 1 saturated carbocycles. The molecule has 0 amide bonds. The summed E-state index contributed by atoms with van der Waals surface area (Å²) < 4.78 is 0. The van der Waals surface area contributed by atoms with E-state index in [2.05, 4.69) is 39.0 Å². The second-order valence-electron chi connectivity index (χ2n) is 5.71. The van der Waals surface area contributed by atoms with E-state index in [1.807, 2.05) is 0 Å². The summed E-state index contributed by atoms with van der Waals surface area (Å²) in [6.45, 7) is 6.79. The molecule has 1 aromatic rings. The highest BCUT2D eigenvalue weighted by atomic mass is 15.3. The summed E-state index contributed by atoms with van der Waals surface area (Å²) in [5, 5.41) is 3.28. The molecule has 1 aliphatic rings. The van der Waals surface area contributed by atoms with Gasteiger partial charge in [0, 0.05) is 19.6 Å². The van der Waals surface area contributed by atoms with Crippen LogP contribution < -0.4 is 16.0 Å². The molecule has 6 nitrogen and oxygen atoms in total. The Labute approximate surface area is 127 Å². The molecule has 3 N–H and O–H groups in total. The van der Waals surface area contributed by atoms with Gasteiger partial charge in [-0.05, 0) is 32.6 Å². The molecule has 118 valence electrons. The molecular weight excluding hydrogens is 264 g/mol. The molecule has 1 aromatic heterocycles. The summed E-state index contributed by atoms with van der Waals surface area (Å²) >= 11 is 0. The molecule has 0 aliphatic heterocycles. The molecule has 1 fully saturated rings. The number of nitrogens with one attached hydrogen (secondary N) is 1. The summed E-state index contributed by atoms with van der Waals surface area (Å²) in [5.74, 6) is 2.47. The van der Waals surface area contributed by atoms with Crippen LogP contribution in [0.2, 0.25) is 0 Å². The average Bonchev–Trinajstić information content (AvgIpc) is 2.98. The third kappa shape index (κ3) is 4.72. The molecule has 0 unspecified atom stereocenters. The monoisotopic (exact) mass is 292 g/mol. The second kappa shape index (κ2) is 8.00. The molecule has 0 radical (unpaired) electrons. The quantitative estimate of drug-likeness (QED) is 0.717. The van der Waals surface area contributed by atoms with Crippen LogP contribution in [0.4, 0.5) is 17.8 Å². The maximum absolute atomic E-state index is 5.78. The van der Waals surface area contributed by atoms with Gasteiger partial charge in [0.05, 0.1) is 0 Å². The predicted molar refractivity (Wildman–Crippen MR) is 87.5 cm³/mol. The van der Waals surface area contributed by atoms with Gasteiger partial charge in [0.25, 0.3) is 0 Å². The highest BCUT2D eigenvalue weighted by molar-refractivity contribution is 5.41. The molecule has 2 rings (SSSR count). The van der Waals surface area contributed by atoms with E-state index in [-0.39, 0.29) is 5.95 Å². The highest BCUT2D eigenvalue weighted by Crippen LogP contribution is 2.28. The smallest absolute Gasteiger partial charge is 0.231 e. The Bertz CT molecular complexity index is 426. The zero-order valence-electron chi connectivity index (χ0n) is 13.3. The highest BCUT2D eigenvalue weighted by Gasteiger charge is 2.14. The van der Waals surface area contributed by atoms with Gasteiger partial charge < -0.3 is 16.0 Å². The van der Waals surface area contributed by atoms with Crippen molar-refractivity contribution in [3.63, 3.8) is 0 Å². The van der Waals surface area contributed by atoms with Crippen LogP contribution in [0.25, 0.3) is 0 Å². The topological polar surface area (TPSA) is 80.0 Å². The Morgan fingerprint density at radius 3 is 2.52 bits per heavy atom. The van der Waals surface area contributed by atoms with E-state index in [4.69, 9.17) is 5.73 Å². The minimum atomic E-state index is 0.283. The fraction of sp³-hybridized carbons (Fsp3) is 0.800. The van der Waals surface area contributed by atoms with Gasteiger partial charge in [-0.3, -0.25) is 0 Å². The van der Waals surface area contributed by atoms with E-state index in [1.165, 1.54) is 32.1 Å². The summed E-state index contributed by atoms with van der Waals surface area (Å²) in [7, 11) is 0. The van der Waals surface area contributed by atoms with Gasteiger partial charge in [0.2, 0.25) is 17.8 Å². The van der Waals surface area contributed by atoms with Gasteiger partial charge in [0.15, 0.2) is 0 Å². The van der Waals surface area contributed by atoms with Gasteiger partial charge in [-0.25, -0.2) is 0 Å². The number of rotatable bonds is 8. The van der Waals surface area contributed by atoms with Crippen molar-refractivity contribution in [2.75, 3.05) is 35.6 Å². The van der Waals surface area contributed by atoms with Crippen molar-refractivity contribution in [1.29, 1.82) is 0 Å². The SMILES string of the molecule is CCN(CC)c1nc(N)nc(NCCCC2CCCC2)n1. The van der Waals surface area contributed by atoms with Gasteiger partial charge in [-0.2, -0.15) is 15.0 Å². The minimum absolute atomic E-state index is 0.283. The molecule has 21 heavy (non-hydrogen) atoms. The molecule has 0 atom stereocenters. The van der Waals surface area contributed by atoms with E-state index >= 15 is 0 Å². The summed E-state index contributed by atoms with van der Waals surface area (Å²) in [5.41, 5.74) is 5.78. The zero-order chi connectivity index (χ0) is 15.1. The maximum atomic E-state index is 5.78. The molecule has 1 aliphatic carbocycles. The first-order chi connectivity index (χ1) is 10.2. The largest absolute Gasteiger partial charge is 0.368 e. The van der Waals surface area contributed by atoms with E-state index in [0.29, 0.717) is 11.9 Å². The van der Waals surface area contributed by atoms with Crippen molar-refractivity contribution in [3.8, 4) is 0 Å². The third-order valence-electron chi connectivity index (χ3n) is 4.23. The first kappa shape index (κ1) is 15.8. The van der Waals surface area contributed by atoms with Crippen molar-refractivity contribution in [2.24, 2.45) is 5.92 Å². The fourth-order valence-electron chi connectivity index (χ4n) is 3.00. The van der Waals surface area contributed by atoms with Gasteiger partial charge in [0.1, 0.15) is 0 Å². The molecule has 1 heterocycles. The lowest BCUT2D eigenvalue weighted by atomic mass is 10.0. The number of nitrogens with zero attached hydrogens (tertiary/aromatic N) is 4. The van der Waals surface area contributed by atoms with Crippen molar-refractivity contribution < 1.29 is 0 Å². The maximum Gasteiger partial charge on any atom is 0.231 e. The number of anilines is 3. The van der Waals surface area contributed by atoms with Crippen LogP contribution >= 0.6 is 0 Å². The summed E-state index contributed by atoms with van der Waals surface area (Å²) in [4.78, 5) is 14.9. The van der Waals surface area contributed by atoms with Crippen molar-refractivity contribution in [3.05, 3.63) is 0 Å². The van der Waals surface area contributed by atoms with Crippen LogP contribution in [0.1, 0.15) is 52.4 Å². The number of hydrogen-bond acceptors (Lipinski definition) is 6. The van der Waals surface area contributed by atoms with Gasteiger partial charge in [-0.15, -0.1) is 0 Å². The van der Waals surface area contributed by atoms with Crippen molar-refractivity contribution >= 4 is 17.8 Å². The lowest BCUT2D eigenvalue weighted by Gasteiger charge is -2.19. The second-order valence-corrected chi connectivity index (χ2v) is 5.71. The van der Waals surface area contributed by atoms with E-state index in [1.54, 1.807) is 0 Å². The van der Waals surface area contributed by atoms with E-state index in [0.717, 1.165) is 32.0 Å². The van der Waals surface area contributed by atoms with E-state index in [9.17, 15) is 0 Å². The lowest BCUT2D eigenvalue weighted by molar-refractivity contribution is 0.491. The summed E-state index contributed by atoms with van der Waals surface area (Å²) in [6, 6.07) is 0. The molecule has 0 aromatic carbocycles. The van der Waals surface area contributed by atoms with Crippen LogP contribution in [0, 0.1) is 5.92 Å². The van der Waals surface area contributed by atoms with E-state index < -0.39 is 0 Å². The zero-order valence-corrected chi connectivity index (χ0v) is 13.3. The minimum Gasteiger partial charge on any atom is -0.368 e.